The molecule has 41 heavy (non-hydrogen) atoms. The summed E-state index contributed by atoms with van der Waals surface area (Å²) in [5, 5.41) is 6.67. The largest absolute Gasteiger partial charge is 0.359 e. The summed E-state index contributed by atoms with van der Waals surface area (Å²) in [6, 6.07) is 16.3. The van der Waals surface area contributed by atoms with Crippen LogP contribution in [0.15, 0.2) is 66.7 Å². The Morgan fingerprint density at radius 1 is 1.07 bits per heavy atom. The minimum absolute atomic E-state index is 0.0916. The first kappa shape index (κ1) is 27.9. The average Bonchev–Trinajstić information content (AvgIpc) is 3.60. The number of hydrogen-bond acceptors (Lipinski definition) is 5. The van der Waals surface area contributed by atoms with Gasteiger partial charge in [0, 0.05) is 36.4 Å². The Balaban J connectivity index is 1.25. The summed E-state index contributed by atoms with van der Waals surface area (Å²) < 4.78 is 6.47. The van der Waals surface area contributed by atoms with Crippen LogP contribution in [-0.2, 0) is 25.7 Å². The van der Waals surface area contributed by atoms with Gasteiger partial charge in [0.1, 0.15) is 11.6 Å². The Bertz CT molecular complexity index is 1330. The van der Waals surface area contributed by atoms with Crippen molar-refractivity contribution in [1.29, 1.82) is 0 Å². The summed E-state index contributed by atoms with van der Waals surface area (Å²) in [6.45, 7) is 1.65. The number of fused-ring (bicyclic) bond motifs is 1. The van der Waals surface area contributed by atoms with Gasteiger partial charge in [0.05, 0.1) is 17.9 Å². The van der Waals surface area contributed by atoms with Gasteiger partial charge >= 0.3 is 0 Å². The first-order valence-corrected chi connectivity index (χ1v) is 15.0. The quantitative estimate of drug-likeness (QED) is 0.440. The van der Waals surface area contributed by atoms with E-state index in [1.807, 2.05) is 37.4 Å². The number of nitrogens with zero attached hydrogens (tertiary/aromatic N) is 2. The smallest absolute Gasteiger partial charge is 0.246 e. The van der Waals surface area contributed by atoms with E-state index in [0.717, 1.165) is 32.2 Å². The molecule has 3 aliphatic heterocycles. The van der Waals surface area contributed by atoms with Crippen LogP contribution in [0.4, 0.5) is 5.69 Å². The second kappa shape index (κ2) is 11.6. The molecule has 1 saturated carbocycles. The molecule has 3 unspecified atom stereocenters. The predicted molar refractivity (Wildman–Crippen MR) is 157 cm³/mol. The maximum absolute atomic E-state index is 14.2. The van der Waals surface area contributed by atoms with Crippen molar-refractivity contribution in [1.82, 2.24) is 15.1 Å². The molecule has 0 radical (unpaired) electrons. The van der Waals surface area contributed by atoms with Crippen molar-refractivity contribution in [2.75, 3.05) is 25.5 Å². The summed E-state index contributed by atoms with van der Waals surface area (Å²) in [5.74, 6) is -2.24. The van der Waals surface area contributed by atoms with Crippen LogP contribution >= 0.6 is 11.6 Å². The van der Waals surface area contributed by atoms with Crippen molar-refractivity contribution in [2.45, 2.75) is 62.4 Å². The van der Waals surface area contributed by atoms with Gasteiger partial charge in [-0.05, 0) is 43.7 Å². The van der Waals surface area contributed by atoms with E-state index in [1.165, 1.54) is 12.0 Å². The number of likely N-dealkylation sites (N-methyl/N-ethyl adjacent to an activating group) is 1. The normalized spacial score (nSPS) is 28.8. The van der Waals surface area contributed by atoms with Crippen molar-refractivity contribution < 1.29 is 19.1 Å². The fourth-order valence-electron chi connectivity index (χ4n) is 7.08. The van der Waals surface area contributed by atoms with Gasteiger partial charge in [-0.25, -0.2) is 0 Å². The third-order valence-corrected chi connectivity index (χ3v) is 9.22. The van der Waals surface area contributed by atoms with Crippen LogP contribution in [0.3, 0.4) is 0 Å². The summed E-state index contributed by atoms with van der Waals surface area (Å²) in [6.07, 6.45) is 8.36. The van der Waals surface area contributed by atoms with E-state index in [1.54, 1.807) is 29.2 Å². The standard InChI is InChI=1S/C32H37ClN4O4/c1-36(20-21-9-4-2-5-10-21)17-18-37-28(30(39)34-23-12-6-3-7-13-23)32-16-15-25(41-32)26(27(32)31(37)40)29(38)35-24-14-8-11-22(33)19-24/h2,4-5,8-11,14-16,19,23,25-28H,3,6-7,12-13,17-18,20H2,1H3,(H,34,39)(H,35,38)/t25-,26?,27-,28?,32?/m1/s1. The van der Waals surface area contributed by atoms with E-state index in [0.29, 0.717) is 23.8 Å². The zero-order valence-electron chi connectivity index (χ0n) is 23.3. The molecule has 6 rings (SSSR count). The lowest BCUT2D eigenvalue weighted by Crippen LogP contribution is -2.57. The lowest BCUT2D eigenvalue weighted by molar-refractivity contribution is -0.141. The third-order valence-electron chi connectivity index (χ3n) is 8.99. The van der Waals surface area contributed by atoms with Gasteiger partial charge in [-0.3, -0.25) is 14.4 Å². The molecule has 3 amide bonds. The van der Waals surface area contributed by atoms with Crippen molar-refractivity contribution >= 4 is 35.0 Å². The summed E-state index contributed by atoms with van der Waals surface area (Å²) >= 11 is 6.13. The highest BCUT2D eigenvalue weighted by molar-refractivity contribution is 6.30. The monoisotopic (exact) mass is 576 g/mol. The lowest BCUT2D eigenvalue weighted by atomic mass is 9.74. The lowest BCUT2D eigenvalue weighted by Gasteiger charge is -2.34. The number of nitrogens with one attached hydrogen (secondary N) is 2. The van der Waals surface area contributed by atoms with Crippen LogP contribution in [0.25, 0.3) is 0 Å². The van der Waals surface area contributed by atoms with Gasteiger partial charge in [-0.15, -0.1) is 0 Å². The molecule has 2 aromatic rings. The van der Waals surface area contributed by atoms with Crippen molar-refractivity contribution in [2.24, 2.45) is 11.8 Å². The second-order valence-electron chi connectivity index (χ2n) is 11.8. The van der Waals surface area contributed by atoms with Crippen molar-refractivity contribution in [3.8, 4) is 0 Å². The molecule has 3 fully saturated rings. The molecule has 3 heterocycles. The molecular formula is C32H37ClN4O4. The number of benzene rings is 2. The summed E-state index contributed by atoms with van der Waals surface area (Å²) in [7, 11) is 2.01. The highest BCUT2D eigenvalue weighted by Crippen LogP contribution is 2.55. The number of hydrogen-bond donors (Lipinski definition) is 2. The molecule has 2 N–H and O–H groups in total. The Morgan fingerprint density at radius 2 is 1.85 bits per heavy atom. The van der Waals surface area contributed by atoms with E-state index in [-0.39, 0.29) is 23.8 Å². The molecule has 2 aromatic carbocycles. The first-order valence-electron chi connectivity index (χ1n) is 14.6. The van der Waals surface area contributed by atoms with Crippen LogP contribution < -0.4 is 10.6 Å². The van der Waals surface area contributed by atoms with Crippen molar-refractivity contribution in [3.05, 3.63) is 77.3 Å². The van der Waals surface area contributed by atoms with Gasteiger partial charge in [-0.1, -0.05) is 79.4 Å². The molecule has 0 aromatic heterocycles. The predicted octanol–water partition coefficient (Wildman–Crippen LogP) is 4.01. The van der Waals surface area contributed by atoms with E-state index in [4.69, 9.17) is 16.3 Å². The van der Waals surface area contributed by atoms with Gasteiger partial charge in [0.15, 0.2) is 0 Å². The molecule has 4 aliphatic rings. The molecule has 8 nitrogen and oxygen atoms in total. The number of carbonyl (C=O) groups excluding carboxylic acids is 3. The molecule has 1 spiro atoms. The molecule has 2 bridgehead atoms. The maximum Gasteiger partial charge on any atom is 0.246 e. The van der Waals surface area contributed by atoms with Gasteiger partial charge in [0.2, 0.25) is 17.7 Å². The number of ether oxygens (including phenoxy) is 1. The molecule has 9 heteroatoms. The highest BCUT2D eigenvalue weighted by Gasteiger charge is 2.72. The number of anilines is 1. The summed E-state index contributed by atoms with van der Waals surface area (Å²) in [5.41, 5.74) is 0.557. The molecule has 5 atom stereocenters. The molecule has 1 aliphatic carbocycles. The maximum atomic E-state index is 14.2. The Labute approximate surface area is 246 Å². The molecule has 216 valence electrons. The van der Waals surface area contributed by atoms with E-state index in [2.05, 4.69) is 27.7 Å². The topological polar surface area (TPSA) is 91.0 Å². The van der Waals surface area contributed by atoms with E-state index in [9.17, 15) is 14.4 Å². The fraction of sp³-hybridized carbons (Fsp3) is 0.469. The van der Waals surface area contributed by atoms with Gasteiger partial charge < -0.3 is 25.2 Å². The Hall–Kier alpha value is -3.20. The molecule has 2 saturated heterocycles. The Kier molecular flexibility index (Phi) is 7.90. The van der Waals surface area contributed by atoms with Crippen LogP contribution in [0.2, 0.25) is 5.02 Å². The van der Waals surface area contributed by atoms with Crippen LogP contribution in [0.5, 0.6) is 0 Å². The highest BCUT2D eigenvalue weighted by atomic mass is 35.5. The second-order valence-corrected chi connectivity index (χ2v) is 12.2. The number of rotatable bonds is 9. The van der Waals surface area contributed by atoms with Crippen LogP contribution in [0.1, 0.15) is 37.7 Å². The first-order chi connectivity index (χ1) is 19.9. The van der Waals surface area contributed by atoms with E-state index >= 15 is 0 Å². The summed E-state index contributed by atoms with van der Waals surface area (Å²) in [4.78, 5) is 45.6. The van der Waals surface area contributed by atoms with Crippen molar-refractivity contribution in [3.63, 3.8) is 0 Å². The van der Waals surface area contributed by atoms with Crippen LogP contribution in [-0.4, -0.2) is 71.4 Å². The fourth-order valence-corrected chi connectivity index (χ4v) is 7.27. The number of likely N-dealkylation sites (tertiary alicyclic amines) is 1. The minimum Gasteiger partial charge on any atom is -0.359 e. The number of carbonyl (C=O) groups is 3. The Morgan fingerprint density at radius 3 is 2.61 bits per heavy atom. The average molecular weight is 577 g/mol. The number of amides is 3. The zero-order chi connectivity index (χ0) is 28.6. The zero-order valence-corrected chi connectivity index (χ0v) is 24.1. The minimum atomic E-state index is -1.17. The van der Waals surface area contributed by atoms with Gasteiger partial charge in [0.25, 0.3) is 0 Å². The van der Waals surface area contributed by atoms with Gasteiger partial charge in [-0.2, -0.15) is 0 Å². The van der Waals surface area contributed by atoms with Crippen LogP contribution in [0, 0.1) is 11.8 Å². The number of halogens is 1. The third kappa shape index (κ3) is 5.41. The van der Waals surface area contributed by atoms with E-state index < -0.39 is 29.6 Å². The SMILES string of the molecule is CN(CCN1C(=O)[C@H]2C(C(=O)Nc3cccc(Cl)c3)[C@H]3C=CC2(O3)C1C(=O)NC1CCCCC1)Cc1ccccc1. The molecular weight excluding hydrogens is 540 g/mol.